The molecule has 8 heteroatoms. The Morgan fingerprint density at radius 1 is 1.29 bits per heavy atom. The van der Waals surface area contributed by atoms with E-state index in [1.54, 1.807) is 32.2 Å². The normalized spacial score (nSPS) is 12.0. The zero-order valence-corrected chi connectivity index (χ0v) is 13.2. The van der Waals surface area contributed by atoms with Crippen LogP contribution >= 0.6 is 0 Å². The molecule has 21 heavy (non-hydrogen) atoms. The Balaban J connectivity index is 2.68. The van der Waals surface area contributed by atoms with Crippen molar-refractivity contribution in [1.82, 2.24) is 0 Å². The van der Waals surface area contributed by atoms with E-state index in [4.69, 9.17) is 15.2 Å². The summed E-state index contributed by atoms with van der Waals surface area (Å²) in [4.78, 5) is 3.98. The third-order valence-electron chi connectivity index (χ3n) is 2.78. The van der Waals surface area contributed by atoms with Gasteiger partial charge in [-0.1, -0.05) is 6.92 Å². The fourth-order valence-electron chi connectivity index (χ4n) is 1.55. The van der Waals surface area contributed by atoms with Crippen molar-refractivity contribution in [3.05, 3.63) is 18.2 Å². The highest BCUT2D eigenvalue weighted by molar-refractivity contribution is 7.91. The lowest BCUT2D eigenvalue weighted by Crippen LogP contribution is -2.24. The summed E-state index contributed by atoms with van der Waals surface area (Å²) in [5.74, 6) is 1.40. The number of methoxy groups -OCH3 is 2. The van der Waals surface area contributed by atoms with Gasteiger partial charge in [0, 0.05) is 17.5 Å². The van der Waals surface area contributed by atoms with E-state index >= 15 is 0 Å². The third-order valence-corrected chi connectivity index (χ3v) is 4.46. The van der Waals surface area contributed by atoms with Gasteiger partial charge in [0.2, 0.25) is 0 Å². The second-order valence-corrected chi connectivity index (χ2v) is 6.67. The molecule has 118 valence electrons. The first-order chi connectivity index (χ1) is 9.91. The van der Waals surface area contributed by atoms with Crippen molar-refractivity contribution in [3.63, 3.8) is 0 Å². The number of hydrogen-bond donors (Lipinski definition) is 2. The molecule has 0 aliphatic heterocycles. The average molecular weight is 315 g/mol. The average Bonchev–Trinajstić information content (AvgIpc) is 2.46. The van der Waals surface area contributed by atoms with Gasteiger partial charge in [-0.25, -0.2) is 8.42 Å². The fraction of sp³-hybridized carbons (Fsp3) is 0.462. The molecular formula is C13H21N3O4S. The van der Waals surface area contributed by atoms with Crippen LogP contribution in [0.4, 0.5) is 5.69 Å². The molecule has 1 aromatic rings. The molecule has 0 aliphatic rings. The van der Waals surface area contributed by atoms with Gasteiger partial charge in [0.15, 0.2) is 27.3 Å². The molecular weight excluding hydrogens is 294 g/mol. The molecule has 0 saturated carbocycles. The van der Waals surface area contributed by atoms with Gasteiger partial charge >= 0.3 is 0 Å². The maximum Gasteiger partial charge on any atom is 0.193 e. The molecule has 0 spiro atoms. The maximum atomic E-state index is 11.3. The van der Waals surface area contributed by atoms with Crippen molar-refractivity contribution in [2.24, 2.45) is 10.7 Å². The quantitative estimate of drug-likeness (QED) is 0.571. The van der Waals surface area contributed by atoms with Crippen molar-refractivity contribution >= 4 is 21.5 Å². The molecule has 1 aromatic carbocycles. The number of anilines is 1. The highest BCUT2D eigenvalue weighted by atomic mass is 32.2. The van der Waals surface area contributed by atoms with Crippen LogP contribution in [0.2, 0.25) is 0 Å². The summed E-state index contributed by atoms with van der Waals surface area (Å²) in [6.07, 6.45) is 0. The molecule has 0 fully saturated rings. The van der Waals surface area contributed by atoms with Crippen molar-refractivity contribution in [1.29, 1.82) is 0 Å². The van der Waals surface area contributed by atoms with Crippen molar-refractivity contribution in [2.75, 3.05) is 37.6 Å². The topological polar surface area (TPSA) is 103 Å². The summed E-state index contributed by atoms with van der Waals surface area (Å²) in [5, 5.41) is 2.87. The SMILES string of the molecule is CCS(=O)(=O)CCN=C(N)Nc1ccc(OC)c(OC)c1. The Kier molecular flexibility index (Phi) is 6.29. The fourth-order valence-corrected chi connectivity index (χ4v) is 2.21. The number of rotatable bonds is 7. The van der Waals surface area contributed by atoms with E-state index in [0.717, 1.165) is 0 Å². The molecule has 7 nitrogen and oxygen atoms in total. The molecule has 0 unspecified atom stereocenters. The van der Waals surface area contributed by atoms with Crippen molar-refractivity contribution in [3.8, 4) is 11.5 Å². The van der Waals surface area contributed by atoms with Crippen LogP contribution in [0.25, 0.3) is 0 Å². The summed E-state index contributed by atoms with van der Waals surface area (Å²) in [6, 6.07) is 5.20. The minimum atomic E-state index is -3.03. The molecule has 0 amide bonds. The highest BCUT2D eigenvalue weighted by Crippen LogP contribution is 2.29. The van der Waals surface area contributed by atoms with Gasteiger partial charge in [-0.15, -0.1) is 0 Å². The molecule has 0 bridgehead atoms. The van der Waals surface area contributed by atoms with E-state index in [2.05, 4.69) is 10.3 Å². The highest BCUT2D eigenvalue weighted by Gasteiger charge is 2.07. The van der Waals surface area contributed by atoms with E-state index in [-0.39, 0.29) is 24.0 Å². The van der Waals surface area contributed by atoms with Crippen LogP contribution in [-0.2, 0) is 9.84 Å². The lowest BCUT2D eigenvalue weighted by molar-refractivity contribution is 0.355. The number of aliphatic imine (C=N–C) groups is 1. The summed E-state index contributed by atoms with van der Waals surface area (Å²) in [7, 11) is 0.0523. The summed E-state index contributed by atoms with van der Waals surface area (Å²) in [6.45, 7) is 1.73. The number of nitrogens with two attached hydrogens (primary N) is 1. The molecule has 0 heterocycles. The van der Waals surface area contributed by atoms with E-state index in [1.165, 1.54) is 7.11 Å². The smallest absolute Gasteiger partial charge is 0.193 e. The molecule has 0 aliphatic carbocycles. The van der Waals surface area contributed by atoms with Gasteiger partial charge in [-0.2, -0.15) is 0 Å². The van der Waals surface area contributed by atoms with Crippen molar-refractivity contribution < 1.29 is 17.9 Å². The molecule has 3 N–H and O–H groups in total. The van der Waals surface area contributed by atoms with Crippen LogP contribution in [0.5, 0.6) is 11.5 Å². The summed E-state index contributed by atoms with van der Waals surface area (Å²) in [5.41, 5.74) is 6.38. The van der Waals surface area contributed by atoms with Crippen LogP contribution in [0, 0.1) is 0 Å². The van der Waals surface area contributed by atoms with Crippen LogP contribution in [0.1, 0.15) is 6.92 Å². The predicted molar refractivity (Wildman–Crippen MR) is 84.0 cm³/mol. The number of ether oxygens (including phenoxy) is 2. The Bertz CT molecular complexity index is 599. The van der Waals surface area contributed by atoms with E-state index in [1.807, 2.05) is 0 Å². The first-order valence-electron chi connectivity index (χ1n) is 6.41. The molecule has 0 atom stereocenters. The van der Waals surface area contributed by atoms with Crippen molar-refractivity contribution in [2.45, 2.75) is 6.92 Å². The lowest BCUT2D eigenvalue weighted by atomic mass is 10.3. The zero-order chi connectivity index (χ0) is 15.9. The number of hydrogen-bond acceptors (Lipinski definition) is 5. The number of sulfone groups is 1. The number of benzene rings is 1. The number of nitrogens with zero attached hydrogens (tertiary/aromatic N) is 1. The van der Waals surface area contributed by atoms with E-state index in [0.29, 0.717) is 17.2 Å². The van der Waals surface area contributed by atoms with Gasteiger partial charge < -0.3 is 20.5 Å². The monoisotopic (exact) mass is 315 g/mol. The number of guanidine groups is 1. The lowest BCUT2D eigenvalue weighted by Gasteiger charge is -2.10. The minimum Gasteiger partial charge on any atom is -0.493 e. The van der Waals surface area contributed by atoms with Gasteiger partial charge in [0.25, 0.3) is 0 Å². The Labute approximate surface area is 125 Å². The van der Waals surface area contributed by atoms with Crippen LogP contribution in [-0.4, -0.2) is 46.6 Å². The van der Waals surface area contributed by atoms with Gasteiger partial charge in [0.1, 0.15) is 0 Å². The molecule has 0 radical (unpaired) electrons. The van der Waals surface area contributed by atoms with Crippen LogP contribution < -0.4 is 20.5 Å². The van der Waals surface area contributed by atoms with Crippen LogP contribution in [0.3, 0.4) is 0 Å². The number of nitrogens with one attached hydrogen (secondary N) is 1. The Morgan fingerprint density at radius 2 is 1.95 bits per heavy atom. The minimum absolute atomic E-state index is 0.0161. The van der Waals surface area contributed by atoms with Gasteiger partial charge in [0.05, 0.1) is 26.5 Å². The van der Waals surface area contributed by atoms with E-state index < -0.39 is 9.84 Å². The van der Waals surface area contributed by atoms with Gasteiger partial charge in [-0.3, -0.25) is 4.99 Å². The second kappa shape index (κ2) is 7.72. The molecule has 0 aromatic heterocycles. The van der Waals surface area contributed by atoms with Crippen LogP contribution in [0.15, 0.2) is 23.2 Å². The zero-order valence-electron chi connectivity index (χ0n) is 12.4. The van der Waals surface area contributed by atoms with E-state index in [9.17, 15) is 8.42 Å². The first-order valence-corrected chi connectivity index (χ1v) is 8.23. The maximum absolute atomic E-state index is 11.3. The van der Waals surface area contributed by atoms with Gasteiger partial charge in [-0.05, 0) is 12.1 Å². The predicted octanol–water partition coefficient (Wildman–Crippen LogP) is 0.865. The summed E-state index contributed by atoms with van der Waals surface area (Å²) < 4.78 is 33.0. The molecule has 0 saturated heterocycles. The Morgan fingerprint density at radius 3 is 2.52 bits per heavy atom. The largest absolute Gasteiger partial charge is 0.493 e. The molecule has 1 rings (SSSR count). The standard InChI is InChI=1S/C13H21N3O4S/c1-4-21(17,18)8-7-15-13(14)16-10-5-6-11(19-2)12(9-10)20-3/h5-6,9H,4,7-8H2,1-3H3,(H3,14,15,16). The first kappa shape index (κ1) is 17.1. The third kappa shape index (κ3) is 5.50. The summed E-state index contributed by atoms with van der Waals surface area (Å²) >= 11 is 0. The second-order valence-electron chi connectivity index (χ2n) is 4.20. The Hall–Kier alpha value is -1.96.